The summed E-state index contributed by atoms with van der Waals surface area (Å²) in [6, 6.07) is 26.9. The van der Waals surface area contributed by atoms with E-state index < -0.39 is 43.7 Å². The summed E-state index contributed by atoms with van der Waals surface area (Å²) in [6.07, 6.45) is 4.97. The fourth-order valence-corrected chi connectivity index (χ4v) is 9.33. The maximum Gasteiger partial charge on any atom is 0.412 e. The summed E-state index contributed by atoms with van der Waals surface area (Å²) in [6.45, 7) is 0.248. The molecule has 4 aromatic carbocycles. The predicted octanol–water partition coefficient (Wildman–Crippen LogP) is 7.15. The second kappa shape index (κ2) is 12.8. The fraction of sp³-hybridized carbons (Fsp3) is 0.111. The van der Waals surface area contributed by atoms with Gasteiger partial charge < -0.3 is 9.64 Å². The van der Waals surface area contributed by atoms with Gasteiger partial charge in [-0.25, -0.2) is 13.2 Å². The van der Waals surface area contributed by atoms with Crippen molar-refractivity contribution in [1.82, 2.24) is 0 Å². The maximum absolute atomic E-state index is 13.2. The zero-order valence-electron chi connectivity index (χ0n) is 25.6. The first-order valence-electron chi connectivity index (χ1n) is 15.2. The van der Waals surface area contributed by atoms with Crippen LogP contribution in [0.15, 0.2) is 135 Å². The molecule has 4 aromatic rings. The van der Waals surface area contributed by atoms with Gasteiger partial charge in [0.05, 0.1) is 21.4 Å². The Morgan fingerprint density at radius 1 is 0.898 bits per heavy atom. The van der Waals surface area contributed by atoms with Gasteiger partial charge in [0.25, 0.3) is 10.1 Å². The Morgan fingerprint density at radius 3 is 2.20 bits per heavy atom. The number of sulfone groups is 1. The first-order chi connectivity index (χ1) is 23.5. The Hall–Kier alpha value is -4.95. The molecule has 0 atom stereocenters. The largest absolute Gasteiger partial charge is 0.436 e. The van der Waals surface area contributed by atoms with Crippen molar-refractivity contribution in [1.29, 1.82) is 0 Å². The number of fused-ring (bicyclic) bond motifs is 5. The summed E-state index contributed by atoms with van der Waals surface area (Å²) in [4.78, 5) is 28.2. The number of nitrogens with zero attached hydrogens (tertiary/aromatic N) is 1. The van der Waals surface area contributed by atoms with E-state index in [4.69, 9.17) is 4.74 Å². The lowest BCUT2D eigenvalue weighted by atomic mass is 10.1. The second-order valence-electron chi connectivity index (χ2n) is 11.4. The third-order valence-corrected chi connectivity index (χ3v) is 12.0. The van der Waals surface area contributed by atoms with E-state index in [0.717, 1.165) is 32.8 Å². The van der Waals surface area contributed by atoms with Crippen LogP contribution in [-0.2, 0) is 24.7 Å². The lowest BCUT2D eigenvalue weighted by Crippen LogP contribution is -2.21. The smallest absolute Gasteiger partial charge is 0.412 e. The highest BCUT2D eigenvalue weighted by molar-refractivity contribution is 8.03. The van der Waals surface area contributed by atoms with E-state index in [0.29, 0.717) is 10.7 Å². The first kappa shape index (κ1) is 32.6. The van der Waals surface area contributed by atoms with Crippen LogP contribution in [0.3, 0.4) is 0 Å². The third-order valence-electron chi connectivity index (χ3n) is 8.30. The van der Waals surface area contributed by atoms with Crippen LogP contribution in [0.4, 0.5) is 16.2 Å². The molecule has 0 spiro atoms. The summed E-state index contributed by atoms with van der Waals surface area (Å²) in [5.41, 5.74) is 5.22. The molecule has 0 radical (unpaired) electrons. The van der Waals surface area contributed by atoms with E-state index in [1.807, 2.05) is 53.4 Å². The number of nitrogens with one attached hydrogen (secondary N) is 1. The lowest BCUT2D eigenvalue weighted by Gasteiger charge is -2.20. The van der Waals surface area contributed by atoms with Gasteiger partial charge in [-0.15, -0.1) is 0 Å². The number of thioether (sulfide) groups is 1. The van der Waals surface area contributed by atoms with Gasteiger partial charge in [-0.1, -0.05) is 84.6 Å². The summed E-state index contributed by atoms with van der Waals surface area (Å²) >= 11 is 1.36. The van der Waals surface area contributed by atoms with Gasteiger partial charge in [-0.2, -0.15) is 8.42 Å². The molecule has 0 unspecified atom stereocenters. The fourth-order valence-electron chi connectivity index (χ4n) is 6.14. The van der Waals surface area contributed by atoms with Crippen LogP contribution in [0.5, 0.6) is 0 Å². The van der Waals surface area contributed by atoms with Gasteiger partial charge >= 0.3 is 6.09 Å². The highest BCUT2D eigenvalue weighted by atomic mass is 32.2. The molecule has 1 aliphatic carbocycles. The topological polar surface area (TPSA) is 147 Å². The number of anilines is 2. The van der Waals surface area contributed by atoms with Crippen LogP contribution in [0.2, 0.25) is 0 Å². The minimum absolute atomic E-state index is 0.0176. The molecule has 2 N–H and O–H groups in total. The number of amides is 1. The summed E-state index contributed by atoms with van der Waals surface area (Å²) < 4.78 is 63.8. The molecule has 49 heavy (non-hydrogen) atoms. The zero-order valence-corrected chi connectivity index (χ0v) is 28.1. The van der Waals surface area contributed by atoms with Crippen molar-refractivity contribution >= 4 is 55.0 Å². The summed E-state index contributed by atoms with van der Waals surface area (Å²) in [7, 11) is -8.10. The Morgan fingerprint density at radius 2 is 1.53 bits per heavy atom. The van der Waals surface area contributed by atoms with E-state index in [9.17, 15) is 31.0 Å². The molecule has 10 nitrogen and oxygen atoms in total. The normalized spacial score (nSPS) is 17.7. The number of carbonyl (C=O) groups excluding carboxylic acids is 2. The Balaban J connectivity index is 1.10. The number of Topliss-reactive ketones (excluding diaryl/α,β-unsaturated/α-hetero) is 1. The van der Waals surface area contributed by atoms with Gasteiger partial charge in [0.1, 0.15) is 4.91 Å². The van der Waals surface area contributed by atoms with Gasteiger partial charge in [0, 0.05) is 33.8 Å². The number of ether oxygens (including phenoxy) is 1. The molecular weight excluding hydrogens is 685 g/mol. The van der Waals surface area contributed by atoms with Crippen LogP contribution in [0.1, 0.15) is 34.0 Å². The number of allylic oxidation sites excluding steroid dienone is 5. The molecule has 0 aromatic heterocycles. The molecule has 7 rings (SSSR count). The highest BCUT2D eigenvalue weighted by Crippen LogP contribution is 2.48. The molecule has 13 heteroatoms. The second-order valence-corrected chi connectivity index (χ2v) is 15.9. The van der Waals surface area contributed by atoms with Crippen molar-refractivity contribution in [3.63, 3.8) is 0 Å². The third kappa shape index (κ3) is 6.33. The minimum atomic E-state index is -4.17. The van der Waals surface area contributed by atoms with Crippen LogP contribution < -0.4 is 10.2 Å². The van der Waals surface area contributed by atoms with Crippen molar-refractivity contribution in [2.75, 3.05) is 22.5 Å². The van der Waals surface area contributed by atoms with E-state index >= 15 is 0 Å². The van der Waals surface area contributed by atoms with Crippen molar-refractivity contribution in [3.05, 3.63) is 142 Å². The van der Waals surface area contributed by atoms with E-state index in [-0.39, 0.29) is 28.3 Å². The number of ketones is 1. The standard InChI is InChI=1S/C36H28N2O8S3/c39-34-28-14-5-6-15-31(28)49(44,45)32(34)16-7-8-17-33-38(20-9-21-48(41,42)43)29-19-18-23(22-30(29)47-33)37-36(40)46-35-26-12-3-1-10-24(26)25-11-2-4-13-27(25)35/h1-8,10-19,22,35H,9,20-21H2,(H,37,40)(H,41,42,43)/b8-7+,32-16-,33-17+. The number of hydrogen-bond donors (Lipinski definition) is 2. The van der Waals surface area contributed by atoms with Crippen LogP contribution in [0.25, 0.3) is 11.1 Å². The molecule has 0 bridgehead atoms. The molecule has 0 saturated heterocycles. The van der Waals surface area contributed by atoms with Crippen LogP contribution in [-0.4, -0.2) is 45.6 Å². The Bertz CT molecular complexity index is 2300. The highest BCUT2D eigenvalue weighted by Gasteiger charge is 2.38. The van der Waals surface area contributed by atoms with E-state index in [2.05, 4.69) is 5.32 Å². The van der Waals surface area contributed by atoms with Crippen LogP contribution >= 0.6 is 11.8 Å². The zero-order chi connectivity index (χ0) is 34.3. The average Bonchev–Trinajstić information content (AvgIpc) is 3.64. The molecule has 0 fully saturated rings. The average molecular weight is 713 g/mol. The first-order valence-corrected chi connectivity index (χ1v) is 19.1. The molecule has 3 aliphatic rings. The van der Waals surface area contributed by atoms with Gasteiger partial charge in [0.15, 0.2) is 6.10 Å². The summed E-state index contributed by atoms with van der Waals surface area (Å²) in [5, 5.41) is 3.50. The Kier molecular flexibility index (Phi) is 8.53. The Labute approximate surface area is 287 Å². The predicted molar refractivity (Wildman–Crippen MR) is 188 cm³/mol. The molecule has 1 amide bonds. The van der Waals surface area contributed by atoms with Gasteiger partial charge in [-0.05, 0) is 60.0 Å². The summed E-state index contributed by atoms with van der Waals surface area (Å²) in [5.74, 6) is -1.000. The van der Waals surface area contributed by atoms with Crippen molar-refractivity contribution in [2.24, 2.45) is 0 Å². The minimum Gasteiger partial charge on any atom is -0.436 e. The number of carbonyl (C=O) groups is 2. The van der Waals surface area contributed by atoms with E-state index in [1.165, 1.54) is 36.0 Å². The molecule has 248 valence electrons. The van der Waals surface area contributed by atoms with Crippen molar-refractivity contribution in [3.8, 4) is 11.1 Å². The quantitative estimate of drug-likeness (QED) is 0.143. The maximum atomic E-state index is 13.2. The monoisotopic (exact) mass is 712 g/mol. The molecular formula is C36H28N2O8S3. The number of hydrogen-bond acceptors (Lipinski definition) is 9. The molecule has 0 saturated carbocycles. The van der Waals surface area contributed by atoms with Crippen LogP contribution in [0, 0.1) is 0 Å². The molecule has 2 heterocycles. The van der Waals surface area contributed by atoms with Crippen molar-refractivity contribution < 1.29 is 35.7 Å². The van der Waals surface area contributed by atoms with Gasteiger partial charge in [0.2, 0.25) is 15.6 Å². The lowest BCUT2D eigenvalue weighted by molar-refractivity contribution is 0.104. The SMILES string of the molecule is O=C(Nc1ccc2c(c1)S/C(=C/C=C/C=C1/C(=O)c3ccccc3S1(=O)=O)N2CCCS(=O)(=O)O)OC1c2ccccc2-c2ccccc21. The van der Waals surface area contributed by atoms with Crippen molar-refractivity contribution in [2.45, 2.75) is 22.3 Å². The number of benzene rings is 4. The molecule has 2 aliphatic heterocycles. The van der Waals surface area contributed by atoms with E-state index in [1.54, 1.807) is 42.5 Å². The number of rotatable bonds is 8. The van der Waals surface area contributed by atoms with Gasteiger partial charge in [-0.3, -0.25) is 14.7 Å².